The Labute approximate surface area is 162 Å². The predicted molar refractivity (Wildman–Crippen MR) is 98.9 cm³/mol. The maximum atomic E-state index is 12.3. The molecule has 0 aliphatic rings. The van der Waals surface area contributed by atoms with E-state index in [4.69, 9.17) is 23.2 Å². The van der Waals surface area contributed by atoms with Crippen molar-refractivity contribution in [3.05, 3.63) is 57.0 Å². The standard InChI is InChI=1S/C15H13BrCl2N6O/c1-9(24-6-10(16)5-20-24)14(25)21-15-19-8-23(22-15)7-11-12(17)3-2-4-13(11)18/h2-6,8-9H,7H2,1H3,(H,21,22,25). The third-order valence-corrected chi connectivity index (χ3v) is 4.62. The van der Waals surface area contributed by atoms with Gasteiger partial charge in [0.05, 0.1) is 17.2 Å². The zero-order valence-corrected chi connectivity index (χ0v) is 16.1. The summed E-state index contributed by atoms with van der Waals surface area (Å²) >= 11 is 15.6. The van der Waals surface area contributed by atoms with Gasteiger partial charge < -0.3 is 0 Å². The fraction of sp³-hybridized carbons (Fsp3) is 0.200. The van der Waals surface area contributed by atoms with Crippen molar-refractivity contribution in [3.63, 3.8) is 0 Å². The van der Waals surface area contributed by atoms with Crippen molar-refractivity contribution >= 4 is 51.0 Å². The van der Waals surface area contributed by atoms with Gasteiger partial charge in [-0.25, -0.2) is 9.67 Å². The third kappa shape index (κ3) is 4.20. The molecule has 1 unspecified atom stereocenters. The summed E-state index contributed by atoms with van der Waals surface area (Å²) < 4.78 is 3.89. The molecule has 2 aromatic heterocycles. The number of rotatable bonds is 5. The molecule has 0 fully saturated rings. The van der Waals surface area contributed by atoms with Crippen LogP contribution in [0.2, 0.25) is 10.0 Å². The molecule has 0 spiro atoms. The Kier molecular flexibility index (Phi) is 5.41. The second kappa shape index (κ2) is 7.55. The SMILES string of the molecule is CC(C(=O)Nc1ncn(Cc2c(Cl)cccc2Cl)n1)n1cc(Br)cn1. The van der Waals surface area contributed by atoms with Crippen LogP contribution in [-0.4, -0.2) is 30.5 Å². The van der Waals surface area contributed by atoms with Crippen molar-refractivity contribution in [2.45, 2.75) is 19.5 Å². The lowest BCUT2D eigenvalue weighted by molar-refractivity contribution is -0.119. The molecule has 25 heavy (non-hydrogen) atoms. The number of carbonyl (C=O) groups is 1. The molecule has 1 N–H and O–H groups in total. The first kappa shape index (κ1) is 17.9. The first-order chi connectivity index (χ1) is 11.9. The monoisotopic (exact) mass is 442 g/mol. The Morgan fingerprint density at radius 2 is 2.08 bits per heavy atom. The van der Waals surface area contributed by atoms with Gasteiger partial charge in [0.1, 0.15) is 12.4 Å². The second-order valence-corrected chi connectivity index (χ2v) is 7.00. The third-order valence-electron chi connectivity index (χ3n) is 3.50. The Morgan fingerprint density at radius 1 is 1.36 bits per heavy atom. The molecule has 1 atom stereocenters. The molecule has 0 aliphatic heterocycles. The zero-order chi connectivity index (χ0) is 18.0. The van der Waals surface area contributed by atoms with Crippen LogP contribution in [0.5, 0.6) is 0 Å². The second-order valence-electron chi connectivity index (χ2n) is 5.27. The summed E-state index contributed by atoms with van der Waals surface area (Å²) in [5.41, 5.74) is 0.739. The van der Waals surface area contributed by atoms with E-state index in [0.717, 1.165) is 10.0 Å². The molecule has 3 rings (SSSR count). The molecular formula is C15H13BrCl2N6O. The van der Waals surface area contributed by atoms with E-state index in [1.54, 1.807) is 46.9 Å². The summed E-state index contributed by atoms with van der Waals surface area (Å²) in [6, 6.07) is 4.78. The molecule has 10 heteroatoms. The minimum absolute atomic E-state index is 0.200. The van der Waals surface area contributed by atoms with Crippen LogP contribution in [0.3, 0.4) is 0 Å². The van der Waals surface area contributed by atoms with Crippen molar-refractivity contribution in [2.75, 3.05) is 5.32 Å². The molecule has 0 saturated carbocycles. The highest BCUT2D eigenvalue weighted by molar-refractivity contribution is 9.10. The van der Waals surface area contributed by atoms with Crippen LogP contribution in [-0.2, 0) is 11.3 Å². The summed E-state index contributed by atoms with van der Waals surface area (Å²) in [6.07, 6.45) is 4.84. The topological polar surface area (TPSA) is 77.6 Å². The van der Waals surface area contributed by atoms with Gasteiger partial charge in [0, 0.05) is 21.8 Å². The van der Waals surface area contributed by atoms with E-state index in [1.807, 2.05) is 0 Å². The van der Waals surface area contributed by atoms with Gasteiger partial charge >= 0.3 is 0 Å². The summed E-state index contributed by atoms with van der Waals surface area (Å²) in [7, 11) is 0. The summed E-state index contributed by atoms with van der Waals surface area (Å²) in [6.45, 7) is 2.08. The van der Waals surface area contributed by atoms with Crippen LogP contribution < -0.4 is 5.32 Å². The number of benzene rings is 1. The quantitative estimate of drug-likeness (QED) is 0.650. The average Bonchev–Trinajstić information content (AvgIpc) is 3.19. The maximum Gasteiger partial charge on any atom is 0.251 e. The van der Waals surface area contributed by atoms with Gasteiger partial charge in [-0.2, -0.15) is 5.10 Å². The lowest BCUT2D eigenvalue weighted by Crippen LogP contribution is -2.24. The van der Waals surface area contributed by atoms with Gasteiger partial charge in [-0.15, -0.1) is 5.10 Å². The van der Waals surface area contributed by atoms with Gasteiger partial charge in [0.2, 0.25) is 5.95 Å². The van der Waals surface area contributed by atoms with Gasteiger partial charge in [-0.05, 0) is 35.0 Å². The zero-order valence-electron chi connectivity index (χ0n) is 13.0. The molecule has 1 amide bonds. The lowest BCUT2D eigenvalue weighted by Gasteiger charge is -2.10. The molecule has 2 heterocycles. The Balaban J connectivity index is 1.68. The largest absolute Gasteiger partial charge is 0.291 e. The van der Waals surface area contributed by atoms with E-state index >= 15 is 0 Å². The molecule has 0 bridgehead atoms. The van der Waals surface area contributed by atoms with Crippen molar-refractivity contribution < 1.29 is 4.79 Å². The van der Waals surface area contributed by atoms with E-state index in [9.17, 15) is 4.79 Å². The molecule has 7 nitrogen and oxygen atoms in total. The van der Waals surface area contributed by atoms with E-state index in [-0.39, 0.29) is 11.9 Å². The number of halogens is 3. The Morgan fingerprint density at radius 3 is 2.72 bits per heavy atom. The van der Waals surface area contributed by atoms with E-state index in [2.05, 4.69) is 36.4 Å². The fourth-order valence-corrected chi connectivity index (χ4v) is 2.95. The smallest absolute Gasteiger partial charge is 0.251 e. The molecule has 3 aromatic rings. The van der Waals surface area contributed by atoms with E-state index < -0.39 is 6.04 Å². The average molecular weight is 444 g/mol. The summed E-state index contributed by atoms with van der Waals surface area (Å²) in [5, 5.41) is 12.1. The van der Waals surface area contributed by atoms with Crippen LogP contribution >= 0.6 is 39.1 Å². The molecule has 0 aliphatic carbocycles. The first-order valence-corrected chi connectivity index (χ1v) is 8.82. The minimum atomic E-state index is -0.503. The van der Waals surface area contributed by atoms with Crippen LogP contribution in [0.4, 0.5) is 5.95 Å². The Hall–Kier alpha value is -1.90. The predicted octanol–water partition coefficient (Wildman–Crippen LogP) is 3.79. The fourth-order valence-electron chi connectivity index (χ4n) is 2.13. The normalized spacial score (nSPS) is 12.2. The maximum absolute atomic E-state index is 12.3. The Bertz CT molecular complexity index is 889. The molecule has 1 aromatic carbocycles. The van der Waals surface area contributed by atoms with Gasteiger partial charge in [-0.1, -0.05) is 29.3 Å². The van der Waals surface area contributed by atoms with Crippen LogP contribution in [0.15, 0.2) is 41.4 Å². The highest BCUT2D eigenvalue weighted by Gasteiger charge is 2.18. The van der Waals surface area contributed by atoms with Gasteiger partial charge in [-0.3, -0.25) is 14.8 Å². The number of hydrogen-bond donors (Lipinski definition) is 1. The number of carbonyl (C=O) groups excluding carboxylic acids is 1. The van der Waals surface area contributed by atoms with Crippen molar-refractivity contribution in [2.24, 2.45) is 0 Å². The summed E-state index contributed by atoms with van der Waals surface area (Å²) in [5.74, 6) is -0.0737. The summed E-state index contributed by atoms with van der Waals surface area (Å²) in [4.78, 5) is 16.4. The number of anilines is 1. The number of hydrogen-bond acceptors (Lipinski definition) is 4. The number of amides is 1. The van der Waals surface area contributed by atoms with Crippen LogP contribution in [0.25, 0.3) is 0 Å². The van der Waals surface area contributed by atoms with Crippen LogP contribution in [0, 0.1) is 0 Å². The number of aromatic nitrogens is 5. The lowest BCUT2D eigenvalue weighted by atomic mass is 10.2. The first-order valence-electron chi connectivity index (χ1n) is 7.27. The van der Waals surface area contributed by atoms with Crippen molar-refractivity contribution in [1.29, 1.82) is 0 Å². The van der Waals surface area contributed by atoms with Crippen molar-refractivity contribution in [3.8, 4) is 0 Å². The van der Waals surface area contributed by atoms with Gasteiger partial charge in [0.15, 0.2) is 0 Å². The van der Waals surface area contributed by atoms with Gasteiger partial charge in [0.25, 0.3) is 5.91 Å². The number of nitrogens with zero attached hydrogens (tertiary/aromatic N) is 5. The van der Waals surface area contributed by atoms with E-state index in [1.165, 1.54) is 6.33 Å². The highest BCUT2D eigenvalue weighted by atomic mass is 79.9. The number of nitrogens with one attached hydrogen (secondary N) is 1. The van der Waals surface area contributed by atoms with Crippen LogP contribution in [0.1, 0.15) is 18.5 Å². The molecule has 0 radical (unpaired) electrons. The molecule has 130 valence electrons. The van der Waals surface area contributed by atoms with Crippen molar-refractivity contribution in [1.82, 2.24) is 24.5 Å². The minimum Gasteiger partial charge on any atom is -0.291 e. The molecular weight excluding hydrogens is 431 g/mol. The highest BCUT2D eigenvalue weighted by Crippen LogP contribution is 2.25. The van der Waals surface area contributed by atoms with E-state index in [0.29, 0.717) is 16.6 Å². The molecule has 0 saturated heterocycles.